The molecule has 1 N–H and O–H groups in total. The molecule has 0 bridgehead atoms. The average molecular weight is 214 g/mol. The van der Waals surface area contributed by atoms with Crippen LogP contribution in [0.15, 0.2) is 23.1 Å². The summed E-state index contributed by atoms with van der Waals surface area (Å²) < 4.78 is 12.9. The number of thioether (sulfide) groups is 1. The Balaban J connectivity index is 2.72. The molecule has 0 amide bonds. The summed E-state index contributed by atoms with van der Waals surface area (Å²) in [6.07, 6.45) is 0.914. The maximum Gasteiger partial charge on any atom is 0.126 e. The number of benzene rings is 1. The topological polar surface area (TPSA) is 20.2 Å². The fourth-order valence-corrected chi connectivity index (χ4v) is 2.15. The molecule has 1 rings (SSSR count). The van der Waals surface area contributed by atoms with Gasteiger partial charge in [0.1, 0.15) is 5.82 Å². The van der Waals surface area contributed by atoms with E-state index in [1.165, 1.54) is 6.07 Å². The van der Waals surface area contributed by atoms with Gasteiger partial charge in [-0.1, -0.05) is 6.92 Å². The number of hydrogen-bond donors (Lipinski definition) is 1. The van der Waals surface area contributed by atoms with Crippen LogP contribution in [0.25, 0.3) is 0 Å². The predicted octanol–water partition coefficient (Wildman–Crippen LogP) is 3.00. The van der Waals surface area contributed by atoms with E-state index >= 15 is 0 Å². The molecule has 1 unspecified atom stereocenters. The number of hydrogen-bond acceptors (Lipinski definition) is 2. The smallest absolute Gasteiger partial charge is 0.126 e. The zero-order valence-electron chi connectivity index (χ0n) is 8.46. The molecule has 0 aromatic heterocycles. The second-order valence-corrected chi connectivity index (χ2v) is 4.62. The van der Waals surface area contributed by atoms with Gasteiger partial charge in [0.25, 0.3) is 0 Å². The first kappa shape index (κ1) is 11.5. The third-order valence-electron chi connectivity index (χ3n) is 2.09. The van der Waals surface area contributed by atoms with Crippen molar-refractivity contribution in [3.05, 3.63) is 29.6 Å². The van der Waals surface area contributed by atoms with Gasteiger partial charge in [-0.25, -0.2) is 4.39 Å². The Morgan fingerprint density at radius 1 is 1.50 bits per heavy atom. The summed E-state index contributed by atoms with van der Waals surface area (Å²) in [5.41, 5.74) is 0.655. The molecule has 1 atom stereocenters. The van der Waals surface area contributed by atoms with Crippen LogP contribution in [-0.4, -0.2) is 17.0 Å². The molecule has 0 radical (unpaired) electrons. The van der Waals surface area contributed by atoms with Crippen LogP contribution in [0.4, 0.5) is 4.39 Å². The number of rotatable bonds is 4. The molecule has 0 saturated heterocycles. The van der Waals surface area contributed by atoms with E-state index in [1.807, 2.05) is 13.0 Å². The molecular formula is C11H15FOS. The fourth-order valence-electron chi connectivity index (χ4n) is 1.13. The Labute approximate surface area is 88.3 Å². The summed E-state index contributed by atoms with van der Waals surface area (Å²) in [6.45, 7) is 3.95. The predicted molar refractivity (Wildman–Crippen MR) is 58.2 cm³/mol. The Hall–Kier alpha value is -0.540. The van der Waals surface area contributed by atoms with Gasteiger partial charge in [0, 0.05) is 10.1 Å². The van der Waals surface area contributed by atoms with Crippen molar-refractivity contribution in [1.29, 1.82) is 0 Å². The van der Waals surface area contributed by atoms with Gasteiger partial charge >= 0.3 is 0 Å². The van der Waals surface area contributed by atoms with Crippen molar-refractivity contribution < 1.29 is 9.50 Å². The van der Waals surface area contributed by atoms with E-state index in [-0.39, 0.29) is 17.7 Å². The number of aliphatic hydroxyl groups is 1. The molecule has 14 heavy (non-hydrogen) atoms. The summed E-state index contributed by atoms with van der Waals surface area (Å²) in [4.78, 5) is 1.02. The van der Waals surface area contributed by atoms with Crippen molar-refractivity contribution in [1.82, 2.24) is 0 Å². The normalized spacial score (nSPS) is 12.9. The van der Waals surface area contributed by atoms with Crippen molar-refractivity contribution in [2.75, 3.05) is 6.61 Å². The lowest BCUT2D eigenvalue weighted by atomic mass is 10.2. The fraction of sp³-hybridized carbons (Fsp3) is 0.455. The van der Waals surface area contributed by atoms with Crippen LogP contribution in [0.5, 0.6) is 0 Å². The minimum Gasteiger partial charge on any atom is -0.395 e. The first-order chi connectivity index (χ1) is 6.67. The van der Waals surface area contributed by atoms with Gasteiger partial charge < -0.3 is 5.11 Å². The zero-order valence-corrected chi connectivity index (χ0v) is 9.27. The van der Waals surface area contributed by atoms with E-state index < -0.39 is 0 Å². The van der Waals surface area contributed by atoms with E-state index in [0.717, 1.165) is 11.3 Å². The molecule has 0 aliphatic carbocycles. The van der Waals surface area contributed by atoms with E-state index in [9.17, 15) is 4.39 Å². The van der Waals surface area contributed by atoms with Gasteiger partial charge in [-0.2, -0.15) is 0 Å². The molecule has 0 aliphatic heterocycles. The lowest BCUT2D eigenvalue weighted by Crippen LogP contribution is -2.05. The quantitative estimate of drug-likeness (QED) is 0.777. The van der Waals surface area contributed by atoms with Crippen LogP contribution in [0.1, 0.15) is 18.9 Å². The monoisotopic (exact) mass is 214 g/mol. The molecule has 78 valence electrons. The molecule has 1 nitrogen and oxygen atoms in total. The van der Waals surface area contributed by atoms with Crippen LogP contribution in [-0.2, 0) is 0 Å². The summed E-state index contributed by atoms with van der Waals surface area (Å²) in [6, 6.07) is 5.05. The van der Waals surface area contributed by atoms with Gasteiger partial charge in [-0.3, -0.25) is 0 Å². The Bertz CT molecular complexity index is 297. The van der Waals surface area contributed by atoms with E-state index in [4.69, 9.17) is 5.11 Å². The van der Waals surface area contributed by atoms with Gasteiger partial charge in [-0.05, 0) is 37.1 Å². The largest absolute Gasteiger partial charge is 0.395 e. The molecule has 0 spiro atoms. The Kier molecular flexibility index (Phi) is 4.42. The SMILES string of the molecule is CCC(CO)Sc1ccc(F)c(C)c1. The highest BCUT2D eigenvalue weighted by atomic mass is 32.2. The second kappa shape index (κ2) is 5.37. The maximum absolute atomic E-state index is 12.9. The lowest BCUT2D eigenvalue weighted by molar-refractivity contribution is 0.292. The molecule has 0 heterocycles. The number of halogens is 1. The number of aliphatic hydroxyl groups excluding tert-OH is 1. The minimum absolute atomic E-state index is 0.164. The summed E-state index contributed by atoms with van der Waals surface area (Å²) >= 11 is 1.59. The van der Waals surface area contributed by atoms with Crippen LogP contribution in [0.2, 0.25) is 0 Å². The molecule has 0 aliphatic rings. The minimum atomic E-state index is -0.175. The van der Waals surface area contributed by atoms with Gasteiger partial charge in [0.2, 0.25) is 0 Å². The van der Waals surface area contributed by atoms with Crippen molar-refractivity contribution in [2.24, 2.45) is 0 Å². The highest BCUT2D eigenvalue weighted by Crippen LogP contribution is 2.26. The standard InChI is InChI=1S/C11H15FOS/c1-3-9(7-13)14-10-4-5-11(12)8(2)6-10/h4-6,9,13H,3,7H2,1-2H3. The molecule has 1 aromatic carbocycles. The maximum atomic E-state index is 12.9. The van der Waals surface area contributed by atoms with E-state index in [1.54, 1.807) is 24.8 Å². The molecular weight excluding hydrogens is 199 g/mol. The first-order valence-corrected chi connectivity index (χ1v) is 5.59. The van der Waals surface area contributed by atoms with Crippen LogP contribution >= 0.6 is 11.8 Å². The third-order valence-corrected chi connectivity index (χ3v) is 3.43. The first-order valence-electron chi connectivity index (χ1n) is 4.71. The van der Waals surface area contributed by atoms with Gasteiger partial charge in [0.05, 0.1) is 6.61 Å². The number of aryl methyl sites for hydroxylation is 1. The van der Waals surface area contributed by atoms with Crippen molar-refractivity contribution in [3.63, 3.8) is 0 Å². The average Bonchev–Trinajstić information content (AvgIpc) is 2.19. The van der Waals surface area contributed by atoms with Gasteiger partial charge in [-0.15, -0.1) is 11.8 Å². The highest BCUT2D eigenvalue weighted by molar-refractivity contribution is 8.00. The molecule has 3 heteroatoms. The van der Waals surface area contributed by atoms with Crippen LogP contribution < -0.4 is 0 Å². The second-order valence-electron chi connectivity index (χ2n) is 3.24. The van der Waals surface area contributed by atoms with E-state index in [2.05, 4.69) is 0 Å². The summed E-state index contributed by atoms with van der Waals surface area (Å²) in [5, 5.41) is 9.22. The lowest BCUT2D eigenvalue weighted by Gasteiger charge is -2.11. The molecule has 1 aromatic rings. The summed E-state index contributed by atoms with van der Waals surface area (Å²) in [7, 11) is 0. The molecule has 0 saturated carbocycles. The summed E-state index contributed by atoms with van der Waals surface area (Å²) in [5.74, 6) is -0.175. The van der Waals surface area contributed by atoms with Crippen molar-refractivity contribution in [3.8, 4) is 0 Å². The third kappa shape index (κ3) is 3.00. The van der Waals surface area contributed by atoms with Crippen molar-refractivity contribution in [2.45, 2.75) is 30.4 Å². The van der Waals surface area contributed by atoms with Gasteiger partial charge in [0.15, 0.2) is 0 Å². The van der Waals surface area contributed by atoms with Crippen LogP contribution in [0.3, 0.4) is 0 Å². The van der Waals surface area contributed by atoms with Crippen LogP contribution in [0, 0.1) is 12.7 Å². The molecule has 0 fully saturated rings. The Morgan fingerprint density at radius 3 is 2.71 bits per heavy atom. The zero-order chi connectivity index (χ0) is 10.6. The van der Waals surface area contributed by atoms with Crippen molar-refractivity contribution >= 4 is 11.8 Å². The Morgan fingerprint density at radius 2 is 2.21 bits per heavy atom. The highest BCUT2D eigenvalue weighted by Gasteiger charge is 2.07. The van der Waals surface area contributed by atoms with E-state index in [0.29, 0.717) is 5.56 Å².